The van der Waals surface area contributed by atoms with E-state index in [2.05, 4.69) is 21.2 Å². The van der Waals surface area contributed by atoms with Crippen LogP contribution in [0.15, 0.2) is 27.6 Å². The largest absolute Gasteiger partial charge is 0.312 e. The van der Waals surface area contributed by atoms with E-state index in [-0.39, 0.29) is 27.8 Å². The molecule has 0 aliphatic carbocycles. The molecule has 108 valence electrons. The fourth-order valence-corrected chi connectivity index (χ4v) is 3.69. The normalized spacial score (nSPS) is 20.9. The standard InChI is InChI=1S/C11H14BrFN2O2S.ClH/c1-8-7-15(5-4-14-8)18(16,17)9-2-3-10(12)11(13)6-9;/h2-3,6,8,14H,4-5,7H2,1H3;1H/t8-;/m0./s1. The van der Waals surface area contributed by atoms with Gasteiger partial charge < -0.3 is 5.32 Å². The van der Waals surface area contributed by atoms with Crippen molar-refractivity contribution in [3.8, 4) is 0 Å². The summed E-state index contributed by atoms with van der Waals surface area (Å²) in [5.41, 5.74) is 0. The van der Waals surface area contributed by atoms with Crippen molar-refractivity contribution in [2.45, 2.75) is 17.9 Å². The van der Waals surface area contributed by atoms with Gasteiger partial charge in [0.05, 0.1) is 9.37 Å². The van der Waals surface area contributed by atoms with E-state index >= 15 is 0 Å². The van der Waals surface area contributed by atoms with E-state index in [4.69, 9.17) is 0 Å². The molecular weight excluding hydrogens is 359 g/mol. The van der Waals surface area contributed by atoms with Crippen LogP contribution in [0.2, 0.25) is 0 Å². The van der Waals surface area contributed by atoms with Gasteiger partial charge in [-0.3, -0.25) is 0 Å². The van der Waals surface area contributed by atoms with E-state index in [1.54, 1.807) is 0 Å². The molecule has 0 bridgehead atoms. The maximum atomic E-state index is 13.4. The van der Waals surface area contributed by atoms with Gasteiger partial charge in [-0.15, -0.1) is 12.4 Å². The van der Waals surface area contributed by atoms with Crippen LogP contribution in [0.4, 0.5) is 4.39 Å². The van der Waals surface area contributed by atoms with Crippen molar-refractivity contribution in [3.05, 3.63) is 28.5 Å². The molecule has 1 aromatic rings. The van der Waals surface area contributed by atoms with Crippen LogP contribution in [-0.4, -0.2) is 38.4 Å². The van der Waals surface area contributed by atoms with Gasteiger partial charge in [-0.2, -0.15) is 4.31 Å². The van der Waals surface area contributed by atoms with Crippen LogP contribution >= 0.6 is 28.3 Å². The highest BCUT2D eigenvalue weighted by molar-refractivity contribution is 9.10. The third kappa shape index (κ3) is 3.66. The van der Waals surface area contributed by atoms with Crippen LogP contribution in [-0.2, 0) is 10.0 Å². The molecular formula is C11H15BrClFN2O2S. The Morgan fingerprint density at radius 1 is 1.47 bits per heavy atom. The van der Waals surface area contributed by atoms with Gasteiger partial charge in [-0.05, 0) is 41.1 Å². The molecule has 4 nitrogen and oxygen atoms in total. The molecule has 0 unspecified atom stereocenters. The zero-order valence-corrected chi connectivity index (χ0v) is 13.5. The Hall–Kier alpha value is -0.210. The summed E-state index contributed by atoms with van der Waals surface area (Å²) >= 11 is 3.01. The van der Waals surface area contributed by atoms with E-state index < -0.39 is 15.8 Å². The lowest BCUT2D eigenvalue weighted by Crippen LogP contribution is -2.51. The summed E-state index contributed by atoms with van der Waals surface area (Å²) < 4.78 is 39.7. The first kappa shape index (κ1) is 16.8. The van der Waals surface area contributed by atoms with E-state index in [0.717, 1.165) is 6.07 Å². The maximum Gasteiger partial charge on any atom is 0.243 e. The topological polar surface area (TPSA) is 49.4 Å². The number of halogens is 3. The molecule has 2 rings (SSSR count). The van der Waals surface area contributed by atoms with Crippen LogP contribution in [0.25, 0.3) is 0 Å². The fourth-order valence-electron chi connectivity index (χ4n) is 1.90. The van der Waals surface area contributed by atoms with Crippen molar-refractivity contribution in [1.29, 1.82) is 0 Å². The first-order chi connectivity index (χ1) is 8.41. The number of rotatable bonds is 2. The highest BCUT2D eigenvalue weighted by Gasteiger charge is 2.28. The third-order valence-electron chi connectivity index (χ3n) is 2.86. The van der Waals surface area contributed by atoms with Gasteiger partial charge in [-0.1, -0.05) is 0 Å². The number of benzene rings is 1. The summed E-state index contributed by atoms with van der Waals surface area (Å²) in [6, 6.07) is 3.98. The molecule has 0 saturated carbocycles. The van der Waals surface area contributed by atoms with Crippen molar-refractivity contribution < 1.29 is 12.8 Å². The van der Waals surface area contributed by atoms with Gasteiger partial charge in [0.1, 0.15) is 5.82 Å². The van der Waals surface area contributed by atoms with E-state index in [1.807, 2.05) is 6.92 Å². The van der Waals surface area contributed by atoms with Crippen LogP contribution in [0.1, 0.15) is 6.92 Å². The zero-order valence-electron chi connectivity index (χ0n) is 10.3. The SMILES string of the molecule is C[C@H]1CN(S(=O)(=O)c2ccc(Br)c(F)c2)CCN1.Cl. The second kappa shape index (κ2) is 6.49. The number of piperazine rings is 1. The predicted molar refractivity (Wildman–Crippen MR) is 77.6 cm³/mol. The summed E-state index contributed by atoms with van der Waals surface area (Å²) in [7, 11) is -3.60. The highest BCUT2D eigenvalue weighted by atomic mass is 79.9. The first-order valence-corrected chi connectivity index (χ1v) is 7.83. The summed E-state index contributed by atoms with van der Waals surface area (Å²) in [6.45, 7) is 3.34. The molecule has 1 heterocycles. The number of hydrogen-bond donors (Lipinski definition) is 1. The number of sulfonamides is 1. The minimum atomic E-state index is -3.60. The highest BCUT2D eigenvalue weighted by Crippen LogP contribution is 2.22. The van der Waals surface area contributed by atoms with Gasteiger partial charge in [0, 0.05) is 25.7 Å². The molecule has 0 radical (unpaired) electrons. The zero-order chi connectivity index (χ0) is 13.3. The fraction of sp³-hybridized carbons (Fsp3) is 0.455. The molecule has 0 amide bonds. The lowest BCUT2D eigenvalue weighted by molar-refractivity contribution is 0.310. The van der Waals surface area contributed by atoms with Crippen molar-refractivity contribution >= 4 is 38.4 Å². The predicted octanol–water partition coefficient (Wildman–Crippen LogP) is 1.99. The van der Waals surface area contributed by atoms with Crippen LogP contribution in [0.5, 0.6) is 0 Å². The van der Waals surface area contributed by atoms with Gasteiger partial charge >= 0.3 is 0 Å². The Bertz CT molecular complexity index is 556. The Morgan fingerprint density at radius 2 is 2.16 bits per heavy atom. The van der Waals surface area contributed by atoms with Crippen molar-refractivity contribution in [2.75, 3.05) is 19.6 Å². The summed E-state index contributed by atoms with van der Waals surface area (Å²) in [5, 5.41) is 3.17. The average molecular weight is 374 g/mol. The molecule has 1 aliphatic heterocycles. The Balaban J connectivity index is 0.00000180. The van der Waals surface area contributed by atoms with Crippen molar-refractivity contribution in [3.63, 3.8) is 0 Å². The monoisotopic (exact) mass is 372 g/mol. The molecule has 1 aromatic carbocycles. The summed E-state index contributed by atoms with van der Waals surface area (Å²) in [4.78, 5) is -0.00250. The lowest BCUT2D eigenvalue weighted by atomic mass is 10.3. The van der Waals surface area contributed by atoms with Gasteiger partial charge in [0.15, 0.2) is 0 Å². The molecule has 1 fully saturated rings. The van der Waals surface area contributed by atoms with Gasteiger partial charge in [-0.25, -0.2) is 12.8 Å². The molecule has 19 heavy (non-hydrogen) atoms. The number of nitrogens with one attached hydrogen (secondary N) is 1. The molecule has 0 spiro atoms. The number of hydrogen-bond acceptors (Lipinski definition) is 3. The number of nitrogens with zero attached hydrogens (tertiary/aromatic N) is 1. The van der Waals surface area contributed by atoms with Crippen molar-refractivity contribution in [2.24, 2.45) is 0 Å². The minimum absolute atomic E-state index is 0. The van der Waals surface area contributed by atoms with Gasteiger partial charge in [0.2, 0.25) is 10.0 Å². The van der Waals surface area contributed by atoms with Crippen LogP contribution in [0.3, 0.4) is 0 Å². The summed E-state index contributed by atoms with van der Waals surface area (Å²) in [5.74, 6) is -0.570. The van der Waals surface area contributed by atoms with E-state index in [0.29, 0.717) is 19.6 Å². The van der Waals surface area contributed by atoms with Crippen molar-refractivity contribution in [1.82, 2.24) is 9.62 Å². The lowest BCUT2D eigenvalue weighted by Gasteiger charge is -2.31. The molecule has 8 heteroatoms. The molecule has 1 atom stereocenters. The average Bonchev–Trinajstić information content (AvgIpc) is 2.32. The summed E-state index contributed by atoms with van der Waals surface area (Å²) in [6.07, 6.45) is 0. The quantitative estimate of drug-likeness (QED) is 0.862. The molecule has 1 N–H and O–H groups in total. The third-order valence-corrected chi connectivity index (χ3v) is 5.36. The first-order valence-electron chi connectivity index (χ1n) is 5.60. The Labute approximate surface area is 127 Å². The Morgan fingerprint density at radius 3 is 2.74 bits per heavy atom. The van der Waals surface area contributed by atoms with Gasteiger partial charge in [0.25, 0.3) is 0 Å². The smallest absolute Gasteiger partial charge is 0.243 e. The second-order valence-corrected chi connectivity index (χ2v) is 7.09. The van der Waals surface area contributed by atoms with Crippen LogP contribution in [0, 0.1) is 5.82 Å². The van der Waals surface area contributed by atoms with E-state index in [1.165, 1.54) is 16.4 Å². The second-order valence-electron chi connectivity index (χ2n) is 4.29. The maximum absolute atomic E-state index is 13.4. The molecule has 1 saturated heterocycles. The molecule has 1 aliphatic rings. The Kier molecular flexibility index (Phi) is 5.76. The minimum Gasteiger partial charge on any atom is -0.312 e. The molecule has 0 aromatic heterocycles. The van der Waals surface area contributed by atoms with Crippen LogP contribution < -0.4 is 5.32 Å². The van der Waals surface area contributed by atoms with E-state index in [9.17, 15) is 12.8 Å².